The highest BCUT2D eigenvalue weighted by Gasteiger charge is 2.38. The predicted molar refractivity (Wildman–Crippen MR) is 41.7 cm³/mol. The summed E-state index contributed by atoms with van der Waals surface area (Å²) in [6, 6.07) is 0. The lowest BCUT2D eigenvalue weighted by molar-refractivity contribution is -0.0927. The number of rotatable bonds is 0. The van der Waals surface area contributed by atoms with Gasteiger partial charge in [-0.15, -0.1) is 0 Å². The Hall–Kier alpha value is 0.855. The van der Waals surface area contributed by atoms with Crippen molar-refractivity contribution in [1.82, 2.24) is 0 Å². The van der Waals surface area contributed by atoms with Gasteiger partial charge in [0, 0.05) is 8.41 Å². The number of hydrogen-bond acceptors (Lipinski definition) is 2. The minimum Gasteiger partial charge on any atom is -0.354 e. The molecule has 0 aliphatic carbocycles. The van der Waals surface area contributed by atoms with Gasteiger partial charge in [-0.25, -0.2) is 0 Å². The Morgan fingerprint density at radius 1 is 1.30 bits per heavy atom. The molecule has 1 atom stereocenters. The van der Waals surface area contributed by atoms with Crippen molar-refractivity contribution in [2.24, 2.45) is 0 Å². The maximum absolute atomic E-state index is 5.51. The van der Waals surface area contributed by atoms with Gasteiger partial charge in [0.25, 0.3) is 4.52 Å². The zero-order valence-electron chi connectivity index (χ0n) is 5.02. The van der Waals surface area contributed by atoms with Crippen LogP contribution in [0.4, 0.5) is 0 Å². The van der Waals surface area contributed by atoms with E-state index in [1.165, 1.54) is 0 Å². The molecule has 6 heteroatoms. The zero-order valence-corrected chi connectivity index (χ0v) is 7.29. The molecule has 0 aromatic rings. The van der Waals surface area contributed by atoms with Crippen molar-refractivity contribution < 1.29 is 9.47 Å². The maximum Gasteiger partial charge on any atom is 0.258 e. The summed E-state index contributed by atoms with van der Waals surface area (Å²) in [7, 11) is 0. The largest absolute Gasteiger partial charge is 0.354 e. The fourth-order valence-electron chi connectivity index (χ4n) is 0.492. The third-order valence-corrected chi connectivity index (χ3v) is 2.18. The molecule has 2 nitrogen and oxygen atoms in total. The van der Waals surface area contributed by atoms with Gasteiger partial charge in [-0.2, -0.15) is 0 Å². The second-order valence-electron chi connectivity index (χ2n) is 1.60. The van der Waals surface area contributed by atoms with Crippen molar-refractivity contribution in [2.75, 3.05) is 13.2 Å². The van der Waals surface area contributed by atoms with E-state index in [-0.39, 0.29) is 8.41 Å². The first-order chi connectivity index (χ1) is 4.13. The molecule has 1 heterocycles. The average molecular weight is 202 g/mol. The van der Waals surface area contributed by atoms with Crippen molar-refractivity contribution in [3.8, 4) is 0 Å². The lowest BCUT2D eigenvalue weighted by Gasteiger charge is -2.29. The van der Waals surface area contributed by atoms with Crippen molar-refractivity contribution in [3.63, 3.8) is 0 Å². The Balaban J connectivity index is 0.000000810. The van der Waals surface area contributed by atoms with Crippen LogP contribution in [0.1, 0.15) is 0 Å². The number of alkyl halides is 3. The van der Waals surface area contributed by atoms with E-state index in [0.717, 1.165) is 0 Å². The van der Waals surface area contributed by atoms with Crippen molar-refractivity contribution in [1.29, 1.82) is 0 Å². The van der Waals surface area contributed by atoms with Crippen LogP contribution in [0.3, 0.4) is 0 Å². The summed E-state index contributed by atoms with van der Waals surface area (Å²) in [4.78, 5) is 0. The van der Waals surface area contributed by atoms with Gasteiger partial charge in [-0.3, -0.25) is 0 Å². The van der Waals surface area contributed by atoms with Crippen LogP contribution in [0.25, 0.3) is 0 Å². The summed E-state index contributed by atoms with van der Waals surface area (Å²) in [5.74, 6) is 0. The smallest absolute Gasteiger partial charge is 0.258 e. The maximum atomic E-state index is 5.51. The standard InChI is InChI=1S/C4H5Cl3O2.B/c5-3-4(6,7)9-2-1-8-3;/h3H,1-2H2;. The van der Waals surface area contributed by atoms with E-state index in [1.54, 1.807) is 0 Å². The second-order valence-corrected chi connectivity index (χ2v) is 3.31. The summed E-state index contributed by atoms with van der Waals surface area (Å²) >= 11 is 16.5. The van der Waals surface area contributed by atoms with Crippen LogP contribution in [0.2, 0.25) is 0 Å². The third kappa shape index (κ3) is 2.48. The zero-order chi connectivity index (χ0) is 6.91. The lowest BCUT2D eigenvalue weighted by atomic mass is 10.6. The molecule has 0 N–H and O–H groups in total. The summed E-state index contributed by atoms with van der Waals surface area (Å²) in [5.41, 5.74) is -0.769. The highest BCUT2D eigenvalue weighted by atomic mass is 35.5. The molecule has 1 fully saturated rings. The van der Waals surface area contributed by atoms with E-state index in [9.17, 15) is 0 Å². The molecule has 1 aliphatic rings. The van der Waals surface area contributed by atoms with Crippen molar-refractivity contribution in [2.45, 2.75) is 10.1 Å². The van der Waals surface area contributed by atoms with E-state index in [4.69, 9.17) is 44.3 Å². The third-order valence-electron chi connectivity index (χ3n) is 0.906. The topological polar surface area (TPSA) is 18.5 Å². The summed E-state index contributed by atoms with van der Waals surface area (Å²) in [6.45, 7) is 0.825. The Kier molecular flexibility index (Phi) is 4.37. The fraction of sp³-hybridized carbons (Fsp3) is 1.00. The molecule has 3 radical (unpaired) electrons. The van der Waals surface area contributed by atoms with E-state index in [2.05, 4.69) is 0 Å². The quantitative estimate of drug-likeness (QED) is 0.436. The molecule has 1 saturated heterocycles. The molecular formula is C4H5BCl3O2. The molecule has 0 bridgehead atoms. The fourth-order valence-corrected chi connectivity index (χ4v) is 0.924. The molecule has 10 heavy (non-hydrogen) atoms. The minimum atomic E-state index is -1.38. The molecule has 1 rings (SSSR count). The van der Waals surface area contributed by atoms with Gasteiger partial charge >= 0.3 is 0 Å². The first kappa shape index (κ1) is 10.9. The molecular weight excluding hydrogens is 197 g/mol. The Labute approximate surface area is 76.3 Å². The summed E-state index contributed by atoms with van der Waals surface area (Å²) in [6.07, 6.45) is 0. The Bertz CT molecular complexity index is 111. The predicted octanol–water partition coefficient (Wildman–Crippen LogP) is 1.35. The summed E-state index contributed by atoms with van der Waals surface area (Å²) < 4.78 is 8.35. The molecule has 0 amide bonds. The van der Waals surface area contributed by atoms with Gasteiger partial charge in [0.05, 0.1) is 13.2 Å². The van der Waals surface area contributed by atoms with E-state index < -0.39 is 10.1 Å². The Morgan fingerprint density at radius 3 is 2.20 bits per heavy atom. The molecule has 0 aromatic carbocycles. The number of ether oxygens (including phenoxy) is 2. The normalized spacial score (nSPS) is 30.9. The lowest BCUT2D eigenvalue weighted by Crippen LogP contribution is -2.38. The van der Waals surface area contributed by atoms with Crippen LogP contribution < -0.4 is 0 Å². The van der Waals surface area contributed by atoms with Crippen LogP contribution in [0.5, 0.6) is 0 Å². The highest BCUT2D eigenvalue weighted by molar-refractivity contribution is 6.50. The van der Waals surface area contributed by atoms with Gasteiger partial charge in [-0.1, -0.05) is 34.8 Å². The molecule has 0 aromatic heterocycles. The van der Waals surface area contributed by atoms with Gasteiger partial charge in [0.15, 0.2) is 5.56 Å². The second kappa shape index (κ2) is 4.03. The molecule has 1 unspecified atom stereocenters. The summed E-state index contributed by atoms with van der Waals surface area (Å²) in [5, 5.41) is 0. The average Bonchev–Trinajstić information content (AvgIpc) is 1.77. The van der Waals surface area contributed by atoms with Crippen LogP contribution >= 0.6 is 34.8 Å². The van der Waals surface area contributed by atoms with Gasteiger partial charge in [0.1, 0.15) is 0 Å². The number of halogens is 3. The van der Waals surface area contributed by atoms with Crippen molar-refractivity contribution >= 4 is 43.2 Å². The minimum absolute atomic E-state index is 0. The van der Waals surface area contributed by atoms with Gasteiger partial charge < -0.3 is 9.47 Å². The number of hydrogen-bond donors (Lipinski definition) is 0. The van der Waals surface area contributed by atoms with Crippen LogP contribution in [0, 0.1) is 0 Å². The molecule has 57 valence electrons. The van der Waals surface area contributed by atoms with E-state index in [1.807, 2.05) is 0 Å². The van der Waals surface area contributed by atoms with E-state index >= 15 is 0 Å². The monoisotopic (exact) mass is 201 g/mol. The van der Waals surface area contributed by atoms with Crippen LogP contribution in [0.15, 0.2) is 0 Å². The van der Waals surface area contributed by atoms with E-state index in [0.29, 0.717) is 13.2 Å². The first-order valence-electron chi connectivity index (χ1n) is 2.40. The SMILES string of the molecule is ClC1OCCOC1(Cl)Cl.[B]. The highest BCUT2D eigenvalue weighted by Crippen LogP contribution is 2.33. The van der Waals surface area contributed by atoms with Gasteiger partial charge in [0.2, 0.25) is 0 Å². The van der Waals surface area contributed by atoms with Gasteiger partial charge in [-0.05, 0) is 0 Å². The molecule has 1 aliphatic heterocycles. The molecule has 0 saturated carbocycles. The first-order valence-corrected chi connectivity index (χ1v) is 3.59. The van der Waals surface area contributed by atoms with Crippen LogP contribution in [-0.2, 0) is 9.47 Å². The molecule has 0 spiro atoms. The van der Waals surface area contributed by atoms with Crippen molar-refractivity contribution in [3.05, 3.63) is 0 Å². The van der Waals surface area contributed by atoms with Crippen LogP contribution in [-0.4, -0.2) is 31.7 Å². The Morgan fingerprint density at radius 2 is 1.90 bits per heavy atom.